The molecule has 0 unspecified atom stereocenters. The van der Waals surface area contributed by atoms with Crippen molar-refractivity contribution in [2.24, 2.45) is 11.7 Å². The van der Waals surface area contributed by atoms with E-state index in [1.54, 1.807) is 6.92 Å². The van der Waals surface area contributed by atoms with Crippen LogP contribution in [-0.2, 0) is 9.59 Å². The predicted octanol–water partition coefficient (Wildman–Crippen LogP) is -0.780. The Bertz CT molecular complexity index is 216. The van der Waals surface area contributed by atoms with Crippen LogP contribution in [0.25, 0.3) is 0 Å². The van der Waals surface area contributed by atoms with Gasteiger partial charge < -0.3 is 16.4 Å². The summed E-state index contributed by atoms with van der Waals surface area (Å²) in [6.45, 7) is 5.33. The minimum absolute atomic E-state index is 0.0619. The fraction of sp³-hybridized carbons (Fsp3) is 0.778. The Balaban J connectivity index is 4.12. The van der Waals surface area contributed by atoms with Crippen LogP contribution in [0.2, 0.25) is 0 Å². The van der Waals surface area contributed by atoms with E-state index < -0.39 is 12.1 Å². The molecular weight excluding hydrogens is 182 g/mol. The molecule has 0 bridgehead atoms. The first-order valence-corrected chi connectivity index (χ1v) is 4.67. The van der Waals surface area contributed by atoms with E-state index in [1.807, 2.05) is 13.8 Å². The molecule has 0 heterocycles. The normalized spacial score (nSPS) is 14.7. The second-order valence-corrected chi connectivity index (χ2v) is 3.61. The number of hydrogen-bond donors (Lipinski definition) is 3. The molecule has 0 aliphatic rings. The van der Waals surface area contributed by atoms with Gasteiger partial charge in [-0.2, -0.15) is 0 Å². The summed E-state index contributed by atoms with van der Waals surface area (Å²) in [5, 5.41) is 4.98. The van der Waals surface area contributed by atoms with Gasteiger partial charge in [-0.1, -0.05) is 13.8 Å². The number of rotatable bonds is 4. The molecule has 0 saturated carbocycles. The first-order valence-electron chi connectivity index (χ1n) is 4.67. The van der Waals surface area contributed by atoms with Crippen LogP contribution >= 0.6 is 0 Å². The topological polar surface area (TPSA) is 84.2 Å². The van der Waals surface area contributed by atoms with Crippen LogP contribution in [0.1, 0.15) is 20.8 Å². The van der Waals surface area contributed by atoms with E-state index >= 15 is 0 Å². The maximum Gasteiger partial charge on any atom is 0.242 e. The fourth-order valence-electron chi connectivity index (χ4n) is 0.894. The molecule has 2 atom stereocenters. The molecule has 82 valence electrons. The Morgan fingerprint density at radius 2 is 1.64 bits per heavy atom. The molecule has 5 heteroatoms. The Labute approximate surface area is 84.4 Å². The smallest absolute Gasteiger partial charge is 0.242 e. The van der Waals surface area contributed by atoms with Gasteiger partial charge in [0.15, 0.2) is 0 Å². The van der Waals surface area contributed by atoms with E-state index in [1.165, 1.54) is 7.05 Å². The molecule has 0 aromatic rings. The highest BCUT2D eigenvalue weighted by atomic mass is 16.2. The minimum atomic E-state index is -0.567. The molecular formula is C9H19N3O2. The molecule has 0 radical (unpaired) electrons. The summed E-state index contributed by atoms with van der Waals surface area (Å²) in [5.74, 6) is -0.461. The number of nitrogens with two attached hydrogens (primary N) is 1. The van der Waals surface area contributed by atoms with E-state index in [0.29, 0.717) is 0 Å². The minimum Gasteiger partial charge on any atom is -0.357 e. The summed E-state index contributed by atoms with van der Waals surface area (Å²) in [7, 11) is 1.52. The lowest BCUT2D eigenvalue weighted by Gasteiger charge is -2.18. The van der Waals surface area contributed by atoms with E-state index in [4.69, 9.17) is 5.73 Å². The number of nitrogens with one attached hydrogen (secondary N) is 2. The molecule has 0 spiro atoms. The van der Waals surface area contributed by atoms with Crippen LogP contribution in [0.3, 0.4) is 0 Å². The molecule has 0 fully saturated rings. The third-order valence-corrected chi connectivity index (χ3v) is 2.02. The summed E-state index contributed by atoms with van der Waals surface area (Å²) in [4.78, 5) is 22.5. The van der Waals surface area contributed by atoms with Gasteiger partial charge in [0.2, 0.25) is 11.8 Å². The van der Waals surface area contributed by atoms with Crippen molar-refractivity contribution in [2.45, 2.75) is 32.9 Å². The molecule has 0 saturated heterocycles. The van der Waals surface area contributed by atoms with E-state index in [0.717, 1.165) is 0 Å². The van der Waals surface area contributed by atoms with Gasteiger partial charge in [0.25, 0.3) is 0 Å². The molecule has 0 aromatic heterocycles. The van der Waals surface area contributed by atoms with Crippen LogP contribution in [0.4, 0.5) is 0 Å². The average Bonchev–Trinajstić information content (AvgIpc) is 2.14. The SMILES string of the molecule is CNC(=O)[C@@H](C)NC(=O)[C@H](N)C(C)C. The molecule has 0 aliphatic carbocycles. The van der Waals surface area contributed by atoms with Crippen LogP contribution in [0, 0.1) is 5.92 Å². The zero-order chi connectivity index (χ0) is 11.3. The van der Waals surface area contributed by atoms with Crippen LogP contribution in [0.5, 0.6) is 0 Å². The molecule has 0 aromatic carbocycles. The average molecular weight is 201 g/mol. The third-order valence-electron chi connectivity index (χ3n) is 2.02. The summed E-state index contributed by atoms with van der Waals surface area (Å²) in [6.07, 6.45) is 0. The van der Waals surface area contributed by atoms with Gasteiger partial charge in [-0.25, -0.2) is 0 Å². The molecule has 2 amide bonds. The first-order chi connectivity index (χ1) is 6.40. The monoisotopic (exact) mass is 201 g/mol. The maximum absolute atomic E-state index is 11.4. The number of carbonyl (C=O) groups is 2. The quantitative estimate of drug-likeness (QED) is 0.558. The van der Waals surface area contributed by atoms with Gasteiger partial charge in [0.1, 0.15) is 6.04 Å². The Morgan fingerprint density at radius 3 is 2.00 bits per heavy atom. The number of amides is 2. The number of hydrogen-bond acceptors (Lipinski definition) is 3. The highest BCUT2D eigenvalue weighted by molar-refractivity contribution is 5.89. The van der Waals surface area contributed by atoms with Crippen molar-refractivity contribution in [3.05, 3.63) is 0 Å². The van der Waals surface area contributed by atoms with Crippen molar-refractivity contribution >= 4 is 11.8 Å². The summed E-state index contributed by atoms with van der Waals surface area (Å²) < 4.78 is 0. The number of carbonyl (C=O) groups excluding carboxylic acids is 2. The second-order valence-electron chi connectivity index (χ2n) is 3.61. The molecule has 5 nitrogen and oxygen atoms in total. The van der Waals surface area contributed by atoms with E-state index in [2.05, 4.69) is 10.6 Å². The van der Waals surface area contributed by atoms with Crippen molar-refractivity contribution in [3.8, 4) is 0 Å². The Hall–Kier alpha value is -1.10. The highest BCUT2D eigenvalue weighted by Crippen LogP contribution is 1.98. The molecule has 4 N–H and O–H groups in total. The van der Waals surface area contributed by atoms with Gasteiger partial charge in [-0.05, 0) is 12.8 Å². The molecule has 14 heavy (non-hydrogen) atoms. The van der Waals surface area contributed by atoms with Gasteiger partial charge in [0, 0.05) is 7.05 Å². The summed E-state index contributed by atoms with van der Waals surface area (Å²) >= 11 is 0. The third kappa shape index (κ3) is 3.74. The van der Waals surface area contributed by atoms with E-state index in [9.17, 15) is 9.59 Å². The lowest BCUT2D eigenvalue weighted by atomic mass is 10.0. The van der Waals surface area contributed by atoms with Crippen LogP contribution in [0.15, 0.2) is 0 Å². The highest BCUT2D eigenvalue weighted by Gasteiger charge is 2.21. The van der Waals surface area contributed by atoms with Gasteiger partial charge in [-0.15, -0.1) is 0 Å². The molecule has 0 rings (SSSR count). The summed E-state index contributed by atoms with van der Waals surface area (Å²) in [6, 6.07) is -1.11. The first kappa shape index (κ1) is 12.9. The molecule has 0 aliphatic heterocycles. The predicted molar refractivity (Wildman–Crippen MR) is 54.5 cm³/mol. The van der Waals surface area contributed by atoms with Gasteiger partial charge in [0.05, 0.1) is 6.04 Å². The van der Waals surface area contributed by atoms with Gasteiger partial charge >= 0.3 is 0 Å². The lowest BCUT2D eigenvalue weighted by Crippen LogP contribution is -2.51. The van der Waals surface area contributed by atoms with Crippen LogP contribution in [-0.4, -0.2) is 30.9 Å². The Morgan fingerprint density at radius 1 is 1.14 bits per heavy atom. The van der Waals surface area contributed by atoms with Crippen molar-refractivity contribution in [1.82, 2.24) is 10.6 Å². The zero-order valence-corrected chi connectivity index (χ0v) is 9.13. The number of likely N-dealkylation sites (N-methyl/N-ethyl adjacent to an activating group) is 1. The second kappa shape index (κ2) is 5.59. The largest absolute Gasteiger partial charge is 0.357 e. The summed E-state index contributed by atoms with van der Waals surface area (Å²) in [5.41, 5.74) is 5.61. The van der Waals surface area contributed by atoms with Crippen molar-refractivity contribution in [3.63, 3.8) is 0 Å². The van der Waals surface area contributed by atoms with E-state index in [-0.39, 0.29) is 17.7 Å². The van der Waals surface area contributed by atoms with Crippen LogP contribution < -0.4 is 16.4 Å². The van der Waals surface area contributed by atoms with Crippen molar-refractivity contribution in [2.75, 3.05) is 7.05 Å². The fourth-order valence-corrected chi connectivity index (χ4v) is 0.894. The standard InChI is InChI=1S/C9H19N3O2/c1-5(2)7(10)9(14)12-6(3)8(13)11-4/h5-7H,10H2,1-4H3,(H,11,13)(H,12,14)/t6-,7-/m1/s1. The maximum atomic E-state index is 11.4. The van der Waals surface area contributed by atoms with Crippen molar-refractivity contribution < 1.29 is 9.59 Å². The lowest BCUT2D eigenvalue weighted by molar-refractivity contribution is -0.129. The Kier molecular flexibility index (Phi) is 5.15. The van der Waals surface area contributed by atoms with Gasteiger partial charge in [-0.3, -0.25) is 9.59 Å². The zero-order valence-electron chi connectivity index (χ0n) is 9.13. The van der Waals surface area contributed by atoms with Crippen molar-refractivity contribution in [1.29, 1.82) is 0 Å².